The summed E-state index contributed by atoms with van der Waals surface area (Å²) in [5, 5.41) is 4.71. The summed E-state index contributed by atoms with van der Waals surface area (Å²) in [5.74, 6) is 1.10. The van der Waals surface area contributed by atoms with Crippen LogP contribution < -0.4 is 5.73 Å². The number of aromatic nitrogens is 2. The van der Waals surface area contributed by atoms with Crippen molar-refractivity contribution < 1.29 is 4.52 Å². The largest absolute Gasteiger partial charge is 0.334 e. The fourth-order valence-electron chi connectivity index (χ4n) is 2.09. The maximum Gasteiger partial charge on any atom is 0.257 e. The van der Waals surface area contributed by atoms with E-state index in [2.05, 4.69) is 10.1 Å². The summed E-state index contributed by atoms with van der Waals surface area (Å²) >= 11 is 6.14. The molecule has 0 amide bonds. The first-order valence-electron chi connectivity index (χ1n) is 6.61. The van der Waals surface area contributed by atoms with Gasteiger partial charge in [-0.05, 0) is 29.3 Å². The smallest absolute Gasteiger partial charge is 0.257 e. The van der Waals surface area contributed by atoms with Gasteiger partial charge in [0.15, 0.2) is 5.82 Å². The third kappa shape index (κ3) is 3.12. The Morgan fingerprint density at radius 3 is 2.76 bits per heavy atom. The van der Waals surface area contributed by atoms with E-state index >= 15 is 0 Å². The lowest BCUT2D eigenvalue weighted by Crippen LogP contribution is -1.96. The third-order valence-corrected chi connectivity index (χ3v) is 3.55. The molecule has 2 N–H and O–H groups in total. The second-order valence-corrected chi connectivity index (χ2v) is 5.10. The second-order valence-electron chi connectivity index (χ2n) is 4.69. The summed E-state index contributed by atoms with van der Waals surface area (Å²) in [4.78, 5) is 4.42. The topological polar surface area (TPSA) is 64.9 Å². The molecule has 106 valence electrons. The molecule has 2 aromatic carbocycles. The van der Waals surface area contributed by atoms with E-state index in [1.807, 2.05) is 48.5 Å². The highest BCUT2D eigenvalue weighted by molar-refractivity contribution is 6.31. The van der Waals surface area contributed by atoms with Crippen LogP contribution in [0, 0.1) is 0 Å². The zero-order valence-electron chi connectivity index (χ0n) is 11.3. The molecule has 0 atom stereocenters. The van der Waals surface area contributed by atoms with Crippen LogP contribution in [0.25, 0.3) is 11.5 Å². The third-order valence-electron chi connectivity index (χ3n) is 3.18. The summed E-state index contributed by atoms with van der Waals surface area (Å²) in [7, 11) is 0. The van der Waals surface area contributed by atoms with E-state index in [9.17, 15) is 0 Å². The molecule has 3 aromatic rings. The first kappa shape index (κ1) is 13.8. The zero-order valence-corrected chi connectivity index (χ0v) is 12.0. The highest BCUT2D eigenvalue weighted by Crippen LogP contribution is 2.21. The van der Waals surface area contributed by atoms with Crippen LogP contribution in [0.1, 0.15) is 17.0 Å². The van der Waals surface area contributed by atoms with Gasteiger partial charge in [-0.1, -0.05) is 47.1 Å². The fourth-order valence-corrected chi connectivity index (χ4v) is 2.29. The Morgan fingerprint density at radius 1 is 1.10 bits per heavy atom. The van der Waals surface area contributed by atoms with Gasteiger partial charge in [0, 0.05) is 23.6 Å². The van der Waals surface area contributed by atoms with Gasteiger partial charge in [0.25, 0.3) is 5.89 Å². The average Bonchev–Trinajstić information content (AvgIpc) is 2.98. The molecule has 0 aliphatic rings. The molecule has 0 saturated carbocycles. The molecule has 0 spiro atoms. The number of nitrogens with zero attached hydrogens (tertiary/aromatic N) is 2. The van der Waals surface area contributed by atoms with Crippen molar-refractivity contribution in [2.75, 3.05) is 0 Å². The Kier molecular flexibility index (Phi) is 3.99. The molecule has 5 heteroatoms. The fraction of sp³-hybridized carbons (Fsp3) is 0.125. The number of halogens is 1. The Hall–Kier alpha value is -2.17. The van der Waals surface area contributed by atoms with E-state index in [-0.39, 0.29) is 0 Å². The molecule has 0 saturated heterocycles. The van der Waals surface area contributed by atoms with Crippen LogP contribution in [0.15, 0.2) is 53.1 Å². The van der Waals surface area contributed by atoms with Crippen LogP contribution in [0.5, 0.6) is 0 Å². The Balaban J connectivity index is 1.85. The number of nitrogens with two attached hydrogens (primary N) is 1. The van der Waals surface area contributed by atoms with E-state index in [0.717, 1.165) is 16.7 Å². The summed E-state index contributed by atoms with van der Waals surface area (Å²) in [5.41, 5.74) is 8.51. The van der Waals surface area contributed by atoms with Crippen LogP contribution in [-0.4, -0.2) is 10.1 Å². The summed E-state index contributed by atoms with van der Waals surface area (Å²) in [6, 6.07) is 15.4. The lowest BCUT2D eigenvalue weighted by atomic mass is 10.1. The van der Waals surface area contributed by atoms with E-state index < -0.39 is 0 Å². The van der Waals surface area contributed by atoms with E-state index in [1.165, 1.54) is 0 Å². The maximum atomic E-state index is 6.14. The zero-order chi connectivity index (χ0) is 14.7. The van der Waals surface area contributed by atoms with Gasteiger partial charge in [-0.3, -0.25) is 0 Å². The molecule has 1 aromatic heterocycles. The van der Waals surface area contributed by atoms with Crippen LogP contribution in [0.4, 0.5) is 0 Å². The Morgan fingerprint density at radius 2 is 1.95 bits per heavy atom. The summed E-state index contributed by atoms with van der Waals surface area (Å²) in [6.07, 6.45) is 0.541. The average molecular weight is 300 g/mol. The number of hydrogen-bond acceptors (Lipinski definition) is 4. The Labute approximate surface area is 127 Å². The predicted molar refractivity (Wildman–Crippen MR) is 81.9 cm³/mol. The van der Waals surface area contributed by atoms with Gasteiger partial charge in [-0.25, -0.2) is 0 Å². The van der Waals surface area contributed by atoms with Gasteiger partial charge < -0.3 is 10.3 Å². The molecule has 0 aliphatic heterocycles. The SMILES string of the molecule is NCc1cccc(-c2nc(Cc3ccccc3Cl)no2)c1. The van der Waals surface area contributed by atoms with Crippen molar-refractivity contribution in [2.45, 2.75) is 13.0 Å². The molecule has 0 fully saturated rings. The van der Waals surface area contributed by atoms with Gasteiger partial charge in [0.2, 0.25) is 0 Å². The standard InChI is InChI=1S/C16H14ClN3O/c17-14-7-2-1-5-12(14)9-15-19-16(21-20-15)13-6-3-4-11(8-13)10-18/h1-8H,9-10,18H2. The minimum atomic E-state index is 0.481. The first-order valence-corrected chi connectivity index (χ1v) is 6.99. The van der Waals surface area contributed by atoms with Crippen molar-refractivity contribution >= 4 is 11.6 Å². The lowest BCUT2D eigenvalue weighted by molar-refractivity contribution is 0.424. The van der Waals surface area contributed by atoms with Crippen LogP contribution in [0.2, 0.25) is 5.02 Å². The molecular formula is C16H14ClN3O. The summed E-state index contributed by atoms with van der Waals surface area (Å²) in [6.45, 7) is 0.481. The monoisotopic (exact) mass is 299 g/mol. The number of rotatable bonds is 4. The maximum absolute atomic E-state index is 6.14. The molecule has 0 aliphatic carbocycles. The van der Waals surface area contributed by atoms with Gasteiger partial charge in [0.05, 0.1) is 0 Å². The van der Waals surface area contributed by atoms with E-state index in [1.54, 1.807) is 0 Å². The molecule has 1 heterocycles. The van der Waals surface area contributed by atoms with E-state index in [0.29, 0.717) is 29.7 Å². The van der Waals surface area contributed by atoms with Crippen molar-refractivity contribution in [1.29, 1.82) is 0 Å². The summed E-state index contributed by atoms with van der Waals surface area (Å²) < 4.78 is 5.32. The molecular weight excluding hydrogens is 286 g/mol. The molecule has 3 rings (SSSR count). The van der Waals surface area contributed by atoms with Crippen LogP contribution >= 0.6 is 11.6 Å². The number of benzene rings is 2. The highest BCUT2D eigenvalue weighted by atomic mass is 35.5. The van der Waals surface area contributed by atoms with Gasteiger partial charge in [0.1, 0.15) is 0 Å². The van der Waals surface area contributed by atoms with Crippen molar-refractivity contribution in [3.8, 4) is 11.5 Å². The van der Waals surface area contributed by atoms with Gasteiger partial charge in [-0.2, -0.15) is 4.98 Å². The normalized spacial score (nSPS) is 10.8. The second kappa shape index (κ2) is 6.08. The molecule has 21 heavy (non-hydrogen) atoms. The van der Waals surface area contributed by atoms with E-state index in [4.69, 9.17) is 21.9 Å². The lowest BCUT2D eigenvalue weighted by Gasteiger charge is -1.99. The molecule has 0 unspecified atom stereocenters. The van der Waals surface area contributed by atoms with Crippen LogP contribution in [-0.2, 0) is 13.0 Å². The minimum Gasteiger partial charge on any atom is -0.334 e. The van der Waals surface area contributed by atoms with Crippen molar-refractivity contribution in [1.82, 2.24) is 10.1 Å². The van der Waals surface area contributed by atoms with Gasteiger partial charge >= 0.3 is 0 Å². The molecule has 0 radical (unpaired) electrons. The molecule has 4 nitrogen and oxygen atoms in total. The van der Waals surface area contributed by atoms with Crippen molar-refractivity contribution in [3.05, 3.63) is 70.5 Å². The Bertz CT molecular complexity index is 755. The predicted octanol–water partition coefficient (Wildman–Crippen LogP) is 3.44. The van der Waals surface area contributed by atoms with Gasteiger partial charge in [-0.15, -0.1) is 0 Å². The van der Waals surface area contributed by atoms with Crippen molar-refractivity contribution in [3.63, 3.8) is 0 Å². The minimum absolute atomic E-state index is 0.481. The van der Waals surface area contributed by atoms with Crippen LogP contribution in [0.3, 0.4) is 0 Å². The van der Waals surface area contributed by atoms with Crippen molar-refractivity contribution in [2.24, 2.45) is 5.73 Å². The highest BCUT2D eigenvalue weighted by Gasteiger charge is 2.11. The quantitative estimate of drug-likeness (QED) is 0.801. The first-order chi connectivity index (χ1) is 10.3. The molecule has 0 bridgehead atoms. The number of hydrogen-bond donors (Lipinski definition) is 1.